The van der Waals surface area contributed by atoms with Gasteiger partial charge in [-0.3, -0.25) is 9.36 Å². The van der Waals surface area contributed by atoms with Gasteiger partial charge in [0.2, 0.25) is 0 Å². The van der Waals surface area contributed by atoms with Crippen LogP contribution >= 0.6 is 11.8 Å². The first-order valence-corrected chi connectivity index (χ1v) is 7.66. The van der Waals surface area contributed by atoms with E-state index in [1.165, 1.54) is 40.6 Å². The average molecular weight is 325 g/mol. The number of hydrogen-bond acceptors (Lipinski definition) is 5. The predicted molar refractivity (Wildman–Crippen MR) is 80.8 cm³/mol. The van der Waals surface area contributed by atoms with E-state index in [0.717, 1.165) is 0 Å². The number of nitrogens with zero attached hydrogens (tertiary/aromatic N) is 2. The monoisotopic (exact) mass is 325 g/mol. The Bertz CT molecular complexity index is 681. The van der Waals surface area contributed by atoms with Crippen molar-refractivity contribution in [3.8, 4) is 0 Å². The van der Waals surface area contributed by atoms with Gasteiger partial charge in [0.25, 0.3) is 0 Å². The predicted octanol–water partition coefficient (Wildman–Crippen LogP) is 1.72. The number of rotatable bonds is 8. The van der Waals surface area contributed by atoms with Crippen LogP contribution in [0.15, 0.2) is 34.2 Å². The molecule has 0 atom stereocenters. The molecule has 0 bridgehead atoms. The highest BCUT2D eigenvalue weighted by Gasteiger charge is 2.12. The Kier molecular flexibility index (Phi) is 5.91. The van der Waals surface area contributed by atoms with Gasteiger partial charge in [-0.25, -0.2) is 14.3 Å². The van der Waals surface area contributed by atoms with Gasteiger partial charge in [-0.1, -0.05) is 11.8 Å². The number of halogens is 1. The molecule has 8 heteroatoms. The van der Waals surface area contributed by atoms with E-state index in [1.54, 1.807) is 7.11 Å². The second-order valence-electron chi connectivity index (χ2n) is 4.53. The molecule has 1 heterocycles. The van der Waals surface area contributed by atoms with Gasteiger partial charge < -0.3 is 4.74 Å². The van der Waals surface area contributed by atoms with Crippen LogP contribution in [-0.4, -0.2) is 40.0 Å². The number of carbonyl (C=O) groups excluding carboxylic acids is 1. The molecule has 0 fully saturated rings. The minimum Gasteiger partial charge on any atom is -0.385 e. The Balaban J connectivity index is 1.97. The number of benzene rings is 1. The summed E-state index contributed by atoms with van der Waals surface area (Å²) in [7, 11) is 1.59. The molecule has 0 amide bonds. The Morgan fingerprint density at radius 2 is 2.14 bits per heavy atom. The SMILES string of the molecule is COCCCn1c(SCC(=O)c2ccc(F)cc2)n[nH]c1=O. The molecule has 118 valence electrons. The number of ketones is 1. The lowest BCUT2D eigenvalue weighted by molar-refractivity contribution is 0.102. The van der Waals surface area contributed by atoms with E-state index in [0.29, 0.717) is 30.3 Å². The molecule has 0 saturated heterocycles. The topological polar surface area (TPSA) is 77.0 Å². The van der Waals surface area contributed by atoms with Crippen LogP contribution < -0.4 is 5.69 Å². The highest BCUT2D eigenvalue weighted by Crippen LogP contribution is 2.16. The van der Waals surface area contributed by atoms with E-state index >= 15 is 0 Å². The summed E-state index contributed by atoms with van der Waals surface area (Å²) in [5, 5.41) is 6.73. The van der Waals surface area contributed by atoms with Crippen molar-refractivity contribution in [1.82, 2.24) is 14.8 Å². The minimum absolute atomic E-state index is 0.125. The Morgan fingerprint density at radius 3 is 2.82 bits per heavy atom. The molecule has 2 aromatic rings. The number of aromatic nitrogens is 3. The van der Waals surface area contributed by atoms with E-state index < -0.39 is 0 Å². The van der Waals surface area contributed by atoms with Gasteiger partial charge in [-0.15, -0.1) is 5.10 Å². The molecule has 0 aliphatic carbocycles. The molecule has 0 aliphatic rings. The number of nitrogens with one attached hydrogen (secondary N) is 1. The summed E-state index contributed by atoms with van der Waals surface area (Å²) in [6.45, 7) is 1.01. The Labute approximate surface area is 130 Å². The van der Waals surface area contributed by atoms with Crippen molar-refractivity contribution in [3.63, 3.8) is 0 Å². The molecule has 6 nitrogen and oxygen atoms in total. The van der Waals surface area contributed by atoms with Gasteiger partial charge in [-0.2, -0.15) is 0 Å². The molecular formula is C14H16FN3O3S. The van der Waals surface area contributed by atoms with Crippen LogP contribution in [0.3, 0.4) is 0 Å². The fraction of sp³-hybridized carbons (Fsp3) is 0.357. The van der Waals surface area contributed by atoms with Crippen LogP contribution in [0.25, 0.3) is 0 Å². The van der Waals surface area contributed by atoms with E-state index in [2.05, 4.69) is 10.2 Å². The molecule has 0 spiro atoms. The van der Waals surface area contributed by atoms with Gasteiger partial charge in [-0.05, 0) is 30.7 Å². The molecule has 0 aliphatic heterocycles. The maximum absolute atomic E-state index is 12.8. The number of aromatic amines is 1. The highest BCUT2D eigenvalue weighted by atomic mass is 32.2. The van der Waals surface area contributed by atoms with Crippen LogP contribution in [0.1, 0.15) is 16.8 Å². The van der Waals surface area contributed by atoms with Crippen molar-refractivity contribution < 1.29 is 13.9 Å². The lowest BCUT2D eigenvalue weighted by Gasteiger charge is -2.05. The molecule has 1 aromatic carbocycles. The fourth-order valence-corrected chi connectivity index (χ4v) is 2.69. The van der Waals surface area contributed by atoms with E-state index in [4.69, 9.17) is 4.74 Å². The van der Waals surface area contributed by atoms with Crippen molar-refractivity contribution in [2.75, 3.05) is 19.5 Å². The molecule has 0 radical (unpaired) electrons. The zero-order chi connectivity index (χ0) is 15.9. The summed E-state index contributed by atoms with van der Waals surface area (Å²) in [6.07, 6.45) is 0.676. The number of thioether (sulfide) groups is 1. The standard InChI is InChI=1S/C14H16FN3O3S/c1-21-8-2-7-18-13(20)16-17-14(18)22-9-12(19)10-3-5-11(15)6-4-10/h3-6H,2,7-9H2,1H3,(H,16,20). The molecule has 22 heavy (non-hydrogen) atoms. The smallest absolute Gasteiger partial charge is 0.343 e. The van der Waals surface area contributed by atoms with Gasteiger partial charge in [0, 0.05) is 25.8 Å². The van der Waals surface area contributed by atoms with Crippen molar-refractivity contribution in [2.24, 2.45) is 0 Å². The van der Waals surface area contributed by atoms with Crippen molar-refractivity contribution in [1.29, 1.82) is 0 Å². The van der Waals surface area contributed by atoms with Crippen LogP contribution in [-0.2, 0) is 11.3 Å². The lowest BCUT2D eigenvalue weighted by Crippen LogP contribution is -2.18. The Hall–Kier alpha value is -1.93. The zero-order valence-electron chi connectivity index (χ0n) is 12.0. The largest absolute Gasteiger partial charge is 0.385 e. The summed E-state index contributed by atoms with van der Waals surface area (Å²) in [5.74, 6) is -0.410. The number of H-pyrrole nitrogens is 1. The van der Waals surface area contributed by atoms with Crippen LogP contribution in [0.5, 0.6) is 0 Å². The summed E-state index contributed by atoms with van der Waals surface area (Å²) in [6, 6.07) is 5.36. The van der Waals surface area contributed by atoms with Crippen LogP contribution in [0.4, 0.5) is 4.39 Å². The molecule has 0 unspecified atom stereocenters. The first-order valence-electron chi connectivity index (χ1n) is 6.67. The fourth-order valence-electron chi connectivity index (χ4n) is 1.83. The second kappa shape index (κ2) is 7.90. The third-order valence-electron chi connectivity index (χ3n) is 2.95. The van der Waals surface area contributed by atoms with Crippen LogP contribution in [0.2, 0.25) is 0 Å². The summed E-state index contributed by atoms with van der Waals surface area (Å²) in [4.78, 5) is 23.7. The maximum Gasteiger partial charge on any atom is 0.343 e. The highest BCUT2D eigenvalue weighted by molar-refractivity contribution is 7.99. The summed E-state index contributed by atoms with van der Waals surface area (Å²) in [5.41, 5.74) is 0.116. The van der Waals surface area contributed by atoms with Gasteiger partial charge in [0.1, 0.15) is 5.82 Å². The maximum atomic E-state index is 12.8. The number of methoxy groups -OCH3 is 1. The van der Waals surface area contributed by atoms with Gasteiger partial charge >= 0.3 is 5.69 Å². The van der Waals surface area contributed by atoms with Gasteiger partial charge in [0.05, 0.1) is 5.75 Å². The number of hydrogen-bond donors (Lipinski definition) is 1. The van der Waals surface area contributed by atoms with Gasteiger partial charge in [0.15, 0.2) is 10.9 Å². The van der Waals surface area contributed by atoms with Crippen molar-refractivity contribution in [3.05, 3.63) is 46.1 Å². The second-order valence-corrected chi connectivity index (χ2v) is 5.47. The molecule has 1 aromatic heterocycles. The van der Waals surface area contributed by atoms with E-state index in [-0.39, 0.29) is 23.0 Å². The van der Waals surface area contributed by atoms with Crippen molar-refractivity contribution in [2.45, 2.75) is 18.1 Å². The third-order valence-corrected chi connectivity index (χ3v) is 3.93. The normalized spacial score (nSPS) is 10.8. The van der Waals surface area contributed by atoms with Crippen molar-refractivity contribution >= 4 is 17.5 Å². The quantitative estimate of drug-likeness (QED) is 0.454. The number of ether oxygens (including phenoxy) is 1. The third kappa shape index (κ3) is 4.28. The summed E-state index contributed by atoms with van der Waals surface area (Å²) >= 11 is 1.17. The van der Waals surface area contributed by atoms with Crippen LogP contribution in [0, 0.1) is 5.82 Å². The number of Topliss-reactive ketones (excluding diaryl/α,β-unsaturated/α-hetero) is 1. The average Bonchev–Trinajstić information content (AvgIpc) is 2.86. The molecule has 1 N–H and O–H groups in total. The minimum atomic E-state index is -0.386. The number of carbonyl (C=O) groups is 1. The van der Waals surface area contributed by atoms with E-state index in [9.17, 15) is 14.0 Å². The Morgan fingerprint density at radius 1 is 1.41 bits per heavy atom. The molecule has 2 rings (SSSR count). The van der Waals surface area contributed by atoms with E-state index in [1.807, 2.05) is 0 Å². The lowest BCUT2D eigenvalue weighted by atomic mass is 10.1. The first kappa shape index (κ1) is 16.4. The zero-order valence-corrected chi connectivity index (χ0v) is 12.9. The molecule has 0 saturated carbocycles. The molecular weight excluding hydrogens is 309 g/mol. The summed E-state index contributed by atoms with van der Waals surface area (Å²) < 4.78 is 19.2. The first-order chi connectivity index (χ1) is 10.6.